The molecule has 0 aliphatic heterocycles. The van der Waals surface area contributed by atoms with Crippen molar-refractivity contribution in [3.63, 3.8) is 0 Å². The largest absolute Gasteiger partial charge is 0.269 e. The van der Waals surface area contributed by atoms with Gasteiger partial charge in [0.2, 0.25) is 0 Å². The van der Waals surface area contributed by atoms with Crippen LogP contribution in [-0.4, -0.2) is 13.4 Å². The lowest BCUT2D eigenvalue weighted by molar-refractivity contribution is 0.601. The first-order valence-electron chi connectivity index (χ1n) is 6.21. The number of aromatic nitrogens is 1. The SMILES string of the molecule is N#Cc1c(NS(=O)(=O)c2cccnc2Cl)sc2c1CCC2. The highest BCUT2D eigenvalue weighted by Crippen LogP contribution is 2.39. The van der Waals surface area contributed by atoms with Crippen LogP contribution in [0.3, 0.4) is 0 Å². The van der Waals surface area contributed by atoms with E-state index in [1.807, 2.05) is 0 Å². The van der Waals surface area contributed by atoms with Crippen molar-refractivity contribution in [3.05, 3.63) is 39.5 Å². The van der Waals surface area contributed by atoms with Gasteiger partial charge >= 0.3 is 0 Å². The number of hydrogen-bond donors (Lipinski definition) is 1. The molecule has 0 aromatic carbocycles. The number of nitrogens with zero attached hydrogens (tertiary/aromatic N) is 2. The van der Waals surface area contributed by atoms with Crippen LogP contribution in [-0.2, 0) is 22.9 Å². The van der Waals surface area contributed by atoms with E-state index in [0.717, 1.165) is 29.7 Å². The Morgan fingerprint density at radius 2 is 2.24 bits per heavy atom. The minimum Gasteiger partial charge on any atom is -0.269 e. The Morgan fingerprint density at radius 1 is 1.43 bits per heavy atom. The number of thiophene rings is 1. The summed E-state index contributed by atoms with van der Waals surface area (Å²) in [5, 5.41) is 9.55. The Kier molecular flexibility index (Phi) is 3.61. The number of pyridine rings is 1. The number of fused-ring (bicyclic) bond motifs is 1. The average Bonchev–Trinajstić information content (AvgIpc) is 2.98. The molecular formula is C13H10ClN3O2S2. The summed E-state index contributed by atoms with van der Waals surface area (Å²) in [5.41, 5.74) is 1.40. The lowest BCUT2D eigenvalue weighted by Crippen LogP contribution is -2.13. The molecule has 0 unspecified atom stereocenters. The lowest BCUT2D eigenvalue weighted by atomic mass is 10.1. The van der Waals surface area contributed by atoms with Gasteiger partial charge in [-0.2, -0.15) is 5.26 Å². The predicted octanol–water partition coefficient (Wildman–Crippen LogP) is 2.96. The Balaban J connectivity index is 2.02. The molecule has 0 saturated carbocycles. The van der Waals surface area contributed by atoms with Crippen LogP contribution in [0.4, 0.5) is 5.00 Å². The van der Waals surface area contributed by atoms with Crippen LogP contribution in [0, 0.1) is 11.3 Å². The Morgan fingerprint density at radius 3 is 2.95 bits per heavy atom. The van der Waals surface area contributed by atoms with Gasteiger partial charge in [-0.05, 0) is 37.0 Å². The van der Waals surface area contributed by atoms with E-state index in [2.05, 4.69) is 15.8 Å². The zero-order valence-electron chi connectivity index (χ0n) is 10.8. The van der Waals surface area contributed by atoms with Crippen molar-refractivity contribution in [1.82, 2.24) is 4.98 Å². The fourth-order valence-electron chi connectivity index (χ4n) is 2.34. The topological polar surface area (TPSA) is 82.9 Å². The highest BCUT2D eigenvalue weighted by Gasteiger charge is 2.26. The summed E-state index contributed by atoms with van der Waals surface area (Å²) in [4.78, 5) is 4.76. The van der Waals surface area contributed by atoms with Gasteiger partial charge in [-0.15, -0.1) is 11.3 Å². The molecule has 8 heteroatoms. The molecule has 1 aliphatic rings. The Bertz CT molecular complexity index is 853. The minimum atomic E-state index is -3.85. The number of halogens is 1. The molecule has 0 bridgehead atoms. The highest BCUT2D eigenvalue weighted by atomic mass is 35.5. The number of hydrogen-bond acceptors (Lipinski definition) is 5. The molecule has 3 rings (SSSR count). The van der Waals surface area contributed by atoms with Crippen molar-refractivity contribution in [1.29, 1.82) is 5.26 Å². The van der Waals surface area contributed by atoms with E-state index in [1.54, 1.807) is 0 Å². The van der Waals surface area contributed by atoms with E-state index >= 15 is 0 Å². The normalized spacial score (nSPS) is 13.7. The molecule has 1 N–H and O–H groups in total. The minimum absolute atomic E-state index is 0.0902. The van der Waals surface area contributed by atoms with Crippen LogP contribution >= 0.6 is 22.9 Å². The molecule has 0 amide bonds. The van der Waals surface area contributed by atoms with Gasteiger partial charge in [0.15, 0.2) is 0 Å². The lowest BCUT2D eigenvalue weighted by Gasteiger charge is -2.07. The Labute approximate surface area is 131 Å². The average molecular weight is 340 g/mol. The van der Waals surface area contributed by atoms with Crippen molar-refractivity contribution in [2.45, 2.75) is 24.2 Å². The van der Waals surface area contributed by atoms with Gasteiger partial charge < -0.3 is 0 Å². The molecule has 108 valence electrons. The third-order valence-corrected chi connectivity index (χ3v) is 6.41. The molecule has 0 saturated heterocycles. The number of aryl methyl sites for hydroxylation is 1. The van der Waals surface area contributed by atoms with E-state index in [9.17, 15) is 13.7 Å². The molecule has 0 spiro atoms. The maximum absolute atomic E-state index is 12.4. The maximum atomic E-state index is 12.4. The molecule has 0 fully saturated rings. The van der Waals surface area contributed by atoms with Crippen LogP contribution in [0.15, 0.2) is 23.2 Å². The summed E-state index contributed by atoms with van der Waals surface area (Å²) in [6.45, 7) is 0. The summed E-state index contributed by atoms with van der Waals surface area (Å²) < 4.78 is 27.2. The van der Waals surface area contributed by atoms with Crippen molar-refractivity contribution in [3.8, 4) is 6.07 Å². The van der Waals surface area contributed by atoms with Gasteiger partial charge in [-0.3, -0.25) is 4.72 Å². The third kappa shape index (κ3) is 2.50. The second kappa shape index (κ2) is 5.30. The monoisotopic (exact) mass is 339 g/mol. The van der Waals surface area contributed by atoms with Gasteiger partial charge in [0.05, 0.1) is 5.56 Å². The first-order valence-corrected chi connectivity index (χ1v) is 8.88. The quantitative estimate of drug-likeness (QED) is 0.871. The van der Waals surface area contributed by atoms with E-state index in [-0.39, 0.29) is 10.0 Å². The number of nitrogens with one attached hydrogen (secondary N) is 1. The van der Waals surface area contributed by atoms with Crippen molar-refractivity contribution >= 4 is 38.0 Å². The Hall–Kier alpha value is -1.62. The van der Waals surface area contributed by atoms with Crippen LogP contribution < -0.4 is 4.72 Å². The van der Waals surface area contributed by atoms with Crippen LogP contribution in [0.5, 0.6) is 0 Å². The molecular weight excluding hydrogens is 330 g/mol. The van der Waals surface area contributed by atoms with Crippen LogP contribution in [0.2, 0.25) is 5.15 Å². The summed E-state index contributed by atoms with van der Waals surface area (Å²) in [7, 11) is -3.85. The molecule has 0 atom stereocenters. The van der Waals surface area contributed by atoms with E-state index in [1.165, 1.54) is 29.7 Å². The zero-order chi connectivity index (χ0) is 15.0. The van der Waals surface area contributed by atoms with E-state index in [0.29, 0.717) is 10.6 Å². The van der Waals surface area contributed by atoms with Crippen molar-refractivity contribution < 1.29 is 8.42 Å². The molecule has 2 heterocycles. The molecule has 0 radical (unpaired) electrons. The van der Waals surface area contributed by atoms with Crippen molar-refractivity contribution in [2.24, 2.45) is 0 Å². The summed E-state index contributed by atoms with van der Waals surface area (Å²) >= 11 is 7.16. The van der Waals surface area contributed by atoms with Gasteiger partial charge in [-0.1, -0.05) is 11.6 Å². The van der Waals surface area contributed by atoms with Crippen LogP contribution in [0.1, 0.15) is 22.4 Å². The van der Waals surface area contributed by atoms with Gasteiger partial charge in [0.1, 0.15) is 21.1 Å². The highest BCUT2D eigenvalue weighted by molar-refractivity contribution is 7.93. The first kappa shape index (κ1) is 14.3. The number of sulfonamides is 1. The number of anilines is 1. The predicted molar refractivity (Wildman–Crippen MR) is 81.1 cm³/mol. The standard InChI is InChI=1S/C13H10ClN3O2S2/c14-12-11(5-2-6-16-12)21(18,19)17-13-9(7-15)8-3-1-4-10(8)20-13/h2,5-6,17H,1,3-4H2. The second-order valence-electron chi connectivity index (χ2n) is 4.57. The van der Waals surface area contributed by atoms with Crippen molar-refractivity contribution in [2.75, 3.05) is 4.72 Å². The first-order chi connectivity index (χ1) is 10.0. The van der Waals surface area contributed by atoms with Gasteiger partial charge in [0.25, 0.3) is 10.0 Å². The van der Waals surface area contributed by atoms with E-state index in [4.69, 9.17) is 11.6 Å². The molecule has 5 nitrogen and oxygen atoms in total. The molecule has 21 heavy (non-hydrogen) atoms. The molecule has 2 aromatic heterocycles. The molecule has 1 aliphatic carbocycles. The van der Waals surface area contributed by atoms with Gasteiger partial charge in [-0.25, -0.2) is 13.4 Å². The smallest absolute Gasteiger partial charge is 0.265 e. The number of nitriles is 1. The number of rotatable bonds is 3. The summed E-state index contributed by atoms with van der Waals surface area (Å²) in [6, 6.07) is 4.98. The summed E-state index contributed by atoms with van der Waals surface area (Å²) in [6.07, 6.45) is 4.15. The fraction of sp³-hybridized carbons (Fsp3) is 0.231. The zero-order valence-corrected chi connectivity index (χ0v) is 13.1. The summed E-state index contributed by atoms with van der Waals surface area (Å²) in [5.74, 6) is 0. The van der Waals surface area contributed by atoms with E-state index < -0.39 is 10.0 Å². The second-order valence-corrected chi connectivity index (χ2v) is 7.69. The van der Waals surface area contributed by atoms with Crippen LogP contribution in [0.25, 0.3) is 0 Å². The third-order valence-electron chi connectivity index (χ3n) is 3.27. The fourth-order valence-corrected chi connectivity index (χ4v) is 5.34. The maximum Gasteiger partial charge on any atom is 0.265 e. The molecule has 2 aromatic rings. The van der Waals surface area contributed by atoms with Gasteiger partial charge in [0, 0.05) is 11.1 Å².